The molecule has 1 saturated heterocycles. The molecule has 1 amide bonds. The van der Waals surface area contributed by atoms with Crippen molar-refractivity contribution >= 4 is 22.8 Å². The van der Waals surface area contributed by atoms with Crippen LogP contribution in [0.2, 0.25) is 0 Å². The molecule has 0 spiro atoms. The van der Waals surface area contributed by atoms with Gasteiger partial charge in [0.15, 0.2) is 5.17 Å². The molecule has 2 heterocycles. The third-order valence-corrected chi connectivity index (χ3v) is 6.30. The third kappa shape index (κ3) is 2.18. The van der Waals surface area contributed by atoms with E-state index in [1.54, 1.807) is 6.20 Å². The summed E-state index contributed by atoms with van der Waals surface area (Å²) < 4.78 is -0.655. The van der Waals surface area contributed by atoms with E-state index >= 15 is 0 Å². The first-order valence-electron chi connectivity index (χ1n) is 7.65. The van der Waals surface area contributed by atoms with Crippen molar-refractivity contribution in [1.29, 1.82) is 0 Å². The second kappa shape index (κ2) is 4.83. The van der Waals surface area contributed by atoms with Gasteiger partial charge in [0.05, 0.1) is 11.7 Å². The zero-order valence-electron chi connectivity index (χ0n) is 12.1. The largest absolute Gasteiger partial charge is 0.304 e. The SMILES string of the molecule is CC1(c2ccccn2)SC(=N[C@H]2C[C@@H]3CCC2C3)NC1=O. The molecule has 3 aliphatic rings. The van der Waals surface area contributed by atoms with E-state index < -0.39 is 4.75 Å². The molecule has 1 aromatic rings. The lowest BCUT2D eigenvalue weighted by atomic mass is 9.96. The van der Waals surface area contributed by atoms with Gasteiger partial charge in [-0.25, -0.2) is 0 Å². The van der Waals surface area contributed by atoms with E-state index in [0.717, 1.165) is 22.7 Å². The van der Waals surface area contributed by atoms with Crippen LogP contribution in [0.3, 0.4) is 0 Å². The molecule has 1 aromatic heterocycles. The zero-order chi connectivity index (χ0) is 14.4. The molecule has 1 N–H and O–H groups in total. The second-order valence-corrected chi connectivity index (χ2v) is 7.89. The highest BCUT2D eigenvalue weighted by atomic mass is 32.2. The van der Waals surface area contributed by atoms with Crippen LogP contribution in [0.1, 0.15) is 38.3 Å². The van der Waals surface area contributed by atoms with Crippen molar-refractivity contribution < 1.29 is 4.79 Å². The normalized spacial score (nSPS) is 40.0. The summed E-state index contributed by atoms with van der Waals surface area (Å²) in [6.07, 6.45) is 6.95. The van der Waals surface area contributed by atoms with E-state index in [0.29, 0.717) is 6.04 Å². The second-order valence-electron chi connectivity index (χ2n) is 6.48. The Kier molecular flexibility index (Phi) is 3.06. The highest BCUT2D eigenvalue weighted by Crippen LogP contribution is 2.47. The van der Waals surface area contributed by atoms with Crippen LogP contribution in [0.4, 0.5) is 0 Å². The number of amidine groups is 1. The van der Waals surface area contributed by atoms with Gasteiger partial charge >= 0.3 is 0 Å². The number of carbonyl (C=O) groups excluding carboxylic acids is 1. The van der Waals surface area contributed by atoms with Gasteiger partial charge in [-0.2, -0.15) is 0 Å². The molecule has 4 atom stereocenters. The summed E-state index contributed by atoms with van der Waals surface area (Å²) in [7, 11) is 0. The molecular weight excluding hydrogens is 282 g/mol. The lowest BCUT2D eigenvalue weighted by Gasteiger charge is -2.19. The number of amides is 1. The van der Waals surface area contributed by atoms with Crippen molar-refractivity contribution in [2.45, 2.75) is 43.4 Å². The van der Waals surface area contributed by atoms with Crippen molar-refractivity contribution in [2.75, 3.05) is 0 Å². The lowest BCUT2D eigenvalue weighted by Crippen LogP contribution is -2.32. The van der Waals surface area contributed by atoms with Crippen LogP contribution in [-0.2, 0) is 9.54 Å². The van der Waals surface area contributed by atoms with E-state index in [2.05, 4.69) is 10.3 Å². The Bertz CT molecular complexity index is 603. The molecule has 4 rings (SSSR count). The molecule has 2 bridgehead atoms. The summed E-state index contributed by atoms with van der Waals surface area (Å²) in [5, 5.41) is 3.75. The summed E-state index contributed by atoms with van der Waals surface area (Å²) in [4.78, 5) is 21.6. The number of hydrogen-bond donors (Lipinski definition) is 1. The summed E-state index contributed by atoms with van der Waals surface area (Å²) in [5.74, 6) is 1.60. The number of hydrogen-bond acceptors (Lipinski definition) is 4. The Morgan fingerprint density at radius 2 is 2.29 bits per heavy atom. The van der Waals surface area contributed by atoms with Gasteiger partial charge in [-0.05, 0) is 50.2 Å². The number of thioether (sulfide) groups is 1. The molecule has 0 radical (unpaired) electrons. The first kappa shape index (κ1) is 13.3. The Morgan fingerprint density at radius 1 is 1.38 bits per heavy atom. The van der Waals surface area contributed by atoms with Crippen LogP contribution in [0.5, 0.6) is 0 Å². The summed E-state index contributed by atoms with van der Waals surface area (Å²) in [6.45, 7) is 1.93. The average molecular weight is 301 g/mol. The lowest BCUT2D eigenvalue weighted by molar-refractivity contribution is -0.121. The Hall–Kier alpha value is -1.36. The van der Waals surface area contributed by atoms with Crippen LogP contribution in [0, 0.1) is 11.8 Å². The predicted molar refractivity (Wildman–Crippen MR) is 84.0 cm³/mol. The quantitative estimate of drug-likeness (QED) is 0.914. The fraction of sp³-hybridized carbons (Fsp3) is 0.562. The topological polar surface area (TPSA) is 54.4 Å². The summed E-state index contributed by atoms with van der Waals surface area (Å²) in [6, 6.07) is 6.12. The highest BCUT2D eigenvalue weighted by molar-refractivity contribution is 8.15. The molecule has 4 nitrogen and oxygen atoms in total. The Labute approximate surface area is 128 Å². The van der Waals surface area contributed by atoms with Crippen LogP contribution in [0.15, 0.2) is 29.4 Å². The van der Waals surface area contributed by atoms with Gasteiger partial charge in [0, 0.05) is 6.20 Å². The molecular formula is C16H19N3OS. The minimum Gasteiger partial charge on any atom is -0.304 e. The van der Waals surface area contributed by atoms with Crippen LogP contribution in [0.25, 0.3) is 0 Å². The van der Waals surface area contributed by atoms with Gasteiger partial charge in [0.1, 0.15) is 4.75 Å². The number of nitrogens with one attached hydrogen (secondary N) is 1. The monoisotopic (exact) mass is 301 g/mol. The molecule has 2 unspecified atom stereocenters. The van der Waals surface area contributed by atoms with E-state index in [1.807, 2.05) is 25.1 Å². The van der Waals surface area contributed by atoms with E-state index in [1.165, 1.54) is 37.4 Å². The fourth-order valence-electron chi connectivity index (χ4n) is 3.87. The number of aromatic nitrogens is 1. The van der Waals surface area contributed by atoms with Gasteiger partial charge in [-0.15, -0.1) is 0 Å². The number of carbonyl (C=O) groups is 1. The molecule has 0 aromatic carbocycles. The highest BCUT2D eigenvalue weighted by Gasteiger charge is 2.46. The minimum absolute atomic E-state index is 0.00638. The predicted octanol–water partition coefficient (Wildman–Crippen LogP) is 2.70. The Balaban J connectivity index is 1.57. The van der Waals surface area contributed by atoms with Crippen molar-refractivity contribution in [3.63, 3.8) is 0 Å². The first-order chi connectivity index (χ1) is 10.1. The van der Waals surface area contributed by atoms with Gasteiger partial charge in [0.25, 0.3) is 0 Å². The minimum atomic E-state index is -0.655. The first-order valence-corrected chi connectivity index (χ1v) is 8.46. The third-order valence-electron chi connectivity index (χ3n) is 5.09. The van der Waals surface area contributed by atoms with Gasteiger partial charge in [0.2, 0.25) is 5.91 Å². The van der Waals surface area contributed by atoms with Crippen LogP contribution in [-0.4, -0.2) is 22.1 Å². The Morgan fingerprint density at radius 3 is 2.95 bits per heavy atom. The summed E-state index contributed by atoms with van der Waals surface area (Å²) in [5.41, 5.74) is 0.797. The van der Waals surface area contributed by atoms with Crippen molar-refractivity contribution in [2.24, 2.45) is 16.8 Å². The van der Waals surface area contributed by atoms with Crippen LogP contribution < -0.4 is 5.32 Å². The average Bonchev–Trinajstić information content (AvgIpc) is 3.16. The van der Waals surface area contributed by atoms with E-state index in [4.69, 9.17) is 4.99 Å². The zero-order valence-corrected chi connectivity index (χ0v) is 12.9. The molecule has 2 aliphatic carbocycles. The van der Waals surface area contributed by atoms with Gasteiger partial charge < -0.3 is 5.32 Å². The number of nitrogens with zero attached hydrogens (tertiary/aromatic N) is 2. The van der Waals surface area contributed by atoms with Gasteiger partial charge in [-0.3, -0.25) is 14.8 Å². The summed E-state index contributed by atoms with van der Waals surface area (Å²) >= 11 is 1.52. The van der Waals surface area contributed by atoms with E-state index in [-0.39, 0.29) is 5.91 Å². The van der Waals surface area contributed by atoms with Crippen molar-refractivity contribution in [1.82, 2.24) is 10.3 Å². The maximum absolute atomic E-state index is 12.4. The molecule has 5 heteroatoms. The number of fused-ring (bicyclic) bond motifs is 2. The molecule has 1 aliphatic heterocycles. The smallest absolute Gasteiger partial charge is 0.248 e. The maximum Gasteiger partial charge on any atom is 0.248 e. The number of pyridine rings is 1. The fourth-order valence-corrected chi connectivity index (χ4v) is 4.96. The molecule has 21 heavy (non-hydrogen) atoms. The van der Waals surface area contributed by atoms with Crippen molar-refractivity contribution in [3.8, 4) is 0 Å². The molecule has 3 fully saturated rings. The van der Waals surface area contributed by atoms with Crippen LogP contribution >= 0.6 is 11.8 Å². The molecule has 110 valence electrons. The van der Waals surface area contributed by atoms with Gasteiger partial charge in [-0.1, -0.05) is 24.2 Å². The maximum atomic E-state index is 12.4. The van der Waals surface area contributed by atoms with Crippen molar-refractivity contribution in [3.05, 3.63) is 30.1 Å². The number of rotatable bonds is 2. The standard InChI is InChI=1S/C16H19N3OS/c1-16(13-4-2-3-7-17-13)14(20)19-15(21-16)18-12-9-10-5-6-11(12)8-10/h2-4,7,10-12H,5-6,8-9H2,1H3,(H,18,19,20)/t10-,11?,12+,16?/m1/s1. The van der Waals surface area contributed by atoms with E-state index in [9.17, 15) is 4.79 Å². The molecule has 2 saturated carbocycles. The number of aliphatic imine (C=N–C) groups is 1.